The van der Waals surface area contributed by atoms with Crippen LogP contribution >= 0.6 is 12.6 Å². The smallest absolute Gasteiger partial charge is 0.326 e. The van der Waals surface area contributed by atoms with Crippen molar-refractivity contribution in [2.45, 2.75) is 75.9 Å². The summed E-state index contributed by atoms with van der Waals surface area (Å²) in [6.45, 7) is 2.51. The molecule has 1 aromatic rings. The molecule has 2 rings (SSSR count). The number of hydrogen-bond donors (Lipinski definition) is 9. The zero-order chi connectivity index (χ0) is 33.7. The highest BCUT2D eigenvalue weighted by atomic mass is 32.1. The molecule has 1 saturated heterocycles. The second-order valence-corrected chi connectivity index (χ2v) is 11.8. The van der Waals surface area contributed by atoms with Gasteiger partial charge in [-0.25, -0.2) is 4.79 Å². The van der Waals surface area contributed by atoms with E-state index in [0.29, 0.717) is 37.3 Å². The van der Waals surface area contributed by atoms with Crippen LogP contribution in [-0.2, 0) is 30.4 Å². The van der Waals surface area contributed by atoms with Crippen LogP contribution in [0.1, 0.15) is 56.9 Å². The number of rotatable bonds is 22. The fourth-order valence-corrected chi connectivity index (χ4v) is 5.31. The molecule has 1 fully saturated rings. The molecule has 0 aliphatic carbocycles. The molecule has 0 bridgehead atoms. The minimum Gasteiger partial charge on any atom is -0.494 e. The highest BCUT2D eigenvalue weighted by molar-refractivity contribution is 7.80. The number of carboxylic acids is 1. The van der Waals surface area contributed by atoms with Crippen LogP contribution in [0.4, 0.5) is 0 Å². The van der Waals surface area contributed by atoms with Crippen molar-refractivity contribution in [3.63, 3.8) is 0 Å². The maximum Gasteiger partial charge on any atom is 0.326 e. The zero-order valence-corrected chi connectivity index (χ0v) is 27.3. The molecule has 1 aliphatic heterocycles. The Bertz CT molecular complexity index is 1100. The Morgan fingerprint density at radius 1 is 0.891 bits per heavy atom. The SMILES string of the molecule is NCCCCC(NC(=O)C(CS)NC(=O)CNC(=O)CN)C(=O)NC(Cc1ccc(OCCCCC2CCNCC2)cc1)C(=O)O. The van der Waals surface area contributed by atoms with Crippen molar-refractivity contribution >= 4 is 42.2 Å². The summed E-state index contributed by atoms with van der Waals surface area (Å²) >= 11 is 4.12. The molecule has 258 valence electrons. The van der Waals surface area contributed by atoms with Crippen molar-refractivity contribution in [3.8, 4) is 5.75 Å². The van der Waals surface area contributed by atoms with E-state index in [2.05, 4.69) is 39.2 Å². The molecule has 3 atom stereocenters. The molecule has 3 unspecified atom stereocenters. The van der Waals surface area contributed by atoms with Crippen LogP contribution in [0.5, 0.6) is 5.75 Å². The van der Waals surface area contributed by atoms with Gasteiger partial charge in [0.15, 0.2) is 0 Å². The lowest BCUT2D eigenvalue weighted by Gasteiger charge is -2.24. The number of hydrogen-bond acceptors (Lipinski definition) is 10. The molecule has 10 N–H and O–H groups in total. The molecule has 0 aromatic heterocycles. The summed E-state index contributed by atoms with van der Waals surface area (Å²) in [6.07, 6.45) is 7.07. The molecule has 15 heteroatoms. The maximum atomic E-state index is 13.2. The zero-order valence-electron chi connectivity index (χ0n) is 26.4. The van der Waals surface area contributed by atoms with Crippen molar-refractivity contribution in [2.24, 2.45) is 17.4 Å². The van der Waals surface area contributed by atoms with Crippen LogP contribution in [0.3, 0.4) is 0 Å². The van der Waals surface area contributed by atoms with Gasteiger partial charge in [-0.1, -0.05) is 18.6 Å². The third-order valence-electron chi connectivity index (χ3n) is 7.76. The summed E-state index contributed by atoms with van der Waals surface area (Å²) in [5.41, 5.74) is 11.5. The lowest BCUT2D eigenvalue weighted by Crippen LogP contribution is -2.57. The Kier molecular flexibility index (Phi) is 18.7. The van der Waals surface area contributed by atoms with Gasteiger partial charge in [0.1, 0.15) is 23.9 Å². The van der Waals surface area contributed by atoms with Crippen LogP contribution in [0.25, 0.3) is 0 Å². The van der Waals surface area contributed by atoms with E-state index in [4.69, 9.17) is 16.2 Å². The Morgan fingerprint density at radius 2 is 1.57 bits per heavy atom. The molecular weight excluding hydrogens is 614 g/mol. The van der Waals surface area contributed by atoms with E-state index >= 15 is 0 Å². The number of piperidine rings is 1. The molecule has 0 saturated carbocycles. The van der Waals surface area contributed by atoms with Gasteiger partial charge in [-0.3, -0.25) is 19.2 Å². The van der Waals surface area contributed by atoms with Crippen LogP contribution in [0, 0.1) is 5.92 Å². The minimum atomic E-state index is -1.25. The molecule has 1 aliphatic rings. The fourth-order valence-electron chi connectivity index (χ4n) is 5.05. The van der Waals surface area contributed by atoms with Gasteiger partial charge >= 0.3 is 5.97 Å². The first-order chi connectivity index (χ1) is 22.2. The number of amides is 4. The Hall–Kier alpha value is -3.40. The predicted molar refractivity (Wildman–Crippen MR) is 177 cm³/mol. The molecule has 1 heterocycles. The molecule has 46 heavy (non-hydrogen) atoms. The number of carbonyl (C=O) groups is 5. The second-order valence-electron chi connectivity index (χ2n) is 11.4. The summed E-state index contributed by atoms with van der Waals surface area (Å²) in [6, 6.07) is 3.66. The number of thiol groups is 1. The van der Waals surface area contributed by atoms with E-state index in [0.717, 1.165) is 31.8 Å². The van der Waals surface area contributed by atoms with Crippen molar-refractivity contribution in [1.29, 1.82) is 0 Å². The van der Waals surface area contributed by atoms with Gasteiger partial charge in [0, 0.05) is 12.2 Å². The molecule has 14 nitrogen and oxygen atoms in total. The maximum absolute atomic E-state index is 13.2. The van der Waals surface area contributed by atoms with Gasteiger partial charge in [0.2, 0.25) is 23.6 Å². The second kappa shape index (κ2) is 22.2. The Morgan fingerprint density at radius 3 is 2.20 bits per heavy atom. The number of aliphatic carboxylic acids is 1. The highest BCUT2D eigenvalue weighted by Crippen LogP contribution is 2.19. The van der Waals surface area contributed by atoms with E-state index in [1.807, 2.05) is 0 Å². The van der Waals surface area contributed by atoms with Crippen LogP contribution in [0.2, 0.25) is 0 Å². The fraction of sp³-hybridized carbons (Fsp3) is 0.645. The van der Waals surface area contributed by atoms with Crippen molar-refractivity contribution in [1.82, 2.24) is 26.6 Å². The van der Waals surface area contributed by atoms with E-state index in [1.54, 1.807) is 24.3 Å². The number of ether oxygens (including phenoxy) is 1. The van der Waals surface area contributed by atoms with Crippen LogP contribution in [0.15, 0.2) is 24.3 Å². The number of carbonyl (C=O) groups excluding carboxylic acids is 4. The molecule has 4 amide bonds. The summed E-state index contributed by atoms with van der Waals surface area (Å²) in [4.78, 5) is 61.8. The quantitative estimate of drug-likeness (QED) is 0.0567. The monoisotopic (exact) mass is 665 g/mol. The number of nitrogens with two attached hydrogens (primary N) is 2. The van der Waals surface area contributed by atoms with Crippen LogP contribution < -0.4 is 42.8 Å². The Balaban J connectivity index is 1.91. The van der Waals surface area contributed by atoms with Gasteiger partial charge in [-0.2, -0.15) is 12.6 Å². The number of carboxylic acid groups (broad SMARTS) is 1. The van der Waals surface area contributed by atoms with Gasteiger partial charge < -0.3 is 47.9 Å². The Labute approximate surface area is 276 Å². The molecule has 0 spiro atoms. The largest absolute Gasteiger partial charge is 0.494 e. The summed E-state index contributed by atoms with van der Waals surface area (Å²) < 4.78 is 5.86. The minimum absolute atomic E-state index is 0.0188. The van der Waals surface area contributed by atoms with E-state index in [9.17, 15) is 29.1 Å². The standard InChI is InChI=1S/C31H51N7O7S/c32-13-3-1-6-24(37-30(42)26(20-46)36-28(40)19-35-27(39)18-33)29(41)38-25(31(43)44)17-22-7-9-23(10-8-22)45-16-4-2-5-21-11-14-34-15-12-21/h7-10,21,24-26,34,46H,1-6,11-20,32-33H2,(H,35,39)(H,36,40)(H,37,42)(H,38,41)(H,43,44). The summed E-state index contributed by atoms with van der Waals surface area (Å²) in [7, 11) is 0. The average Bonchev–Trinajstić information content (AvgIpc) is 3.06. The van der Waals surface area contributed by atoms with E-state index in [1.165, 1.54) is 19.3 Å². The summed E-state index contributed by atoms with van der Waals surface area (Å²) in [5, 5.41) is 23.1. The van der Waals surface area contributed by atoms with Gasteiger partial charge in [0.25, 0.3) is 0 Å². The van der Waals surface area contributed by atoms with E-state index < -0.39 is 47.7 Å². The first-order valence-corrected chi connectivity index (χ1v) is 16.6. The van der Waals surface area contributed by atoms with Gasteiger partial charge in [-0.05, 0) is 88.2 Å². The summed E-state index contributed by atoms with van der Waals surface area (Å²) in [5.74, 6) is -2.38. The lowest BCUT2D eigenvalue weighted by molar-refractivity contribution is -0.142. The van der Waals surface area contributed by atoms with E-state index in [-0.39, 0.29) is 31.7 Å². The first kappa shape index (κ1) is 38.8. The third kappa shape index (κ3) is 15.3. The van der Waals surface area contributed by atoms with Crippen molar-refractivity contribution < 1.29 is 33.8 Å². The van der Waals surface area contributed by atoms with Crippen molar-refractivity contribution in [3.05, 3.63) is 29.8 Å². The third-order valence-corrected chi connectivity index (χ3v) is 8.12. The van der Waals surface area contributed by atoms with Crippen molar-refractivity contribution in [2.75, 3.05) is 45.1 Å². The van der Waals surface area contributed by atoms with Crippen LogP contribution in [-0.4, -0.2) is 97.9 Å². The predicted octanol–water partition coefficient (Wildman–Crippen LogP) is -0.549. The number of unbranched alkanes of at least 4 members (excludes halogenated alkanes) is 2. The first-order valence-electron chi connectivity index (χ1n) is 16.0. The van der Waals surface area contributed by atoms with Gasteiger partial charge in [-0.15, -0.1) is 0 Å². The topological polar surface area (TPSA) is 227 Å². The number of nitrogens with one attached hydrogen (secondary N) is 5. The normalized spacial score (nSPS) is 15.2. The molecular formula is C31H51N7O7S. The number of benzene rings is 1. The molecule has 0 radical (unpaired) electrons. The highest BCUT2D eigenvalue weighted by Gasteiger charge is 2.29. The molecule has 1 aromatic carbocycles. The average molecular weight is 666 g/mol. The lowest BCUT2D eigenvalue weighted by atomic mass is 9.93. The van der Waals surface area contributed by atoms with Gasteiger partial charge in [0.05, 0.1) is 19.7 Å².